The van der Waals surface area contributed by atoms with Crippen LogP contribution in [0.5, 0.6) is 0 Å². The van der Waals surface area contributed by atoms with E-state index < -0.39 is 18.0 Å². The fraction of sp³-hybridized carbons (Fsp3) is 0.467. The molecular formula is C15H24N4O2. The van der Waals surface area contributed by atoms with Gasteiger partial charge in [0.05, 0.1) is 0 Å². The Bertz CT molecular complexity index is 473. The molecule has 6 nitrogen and oxygen atoms in total. The fourth-order valence-electron chi connectivity index (χ4n) is 1.77. The van der Waals surface area contributed by atoms with E-state index in [4.69, 9.17) is 5.73 Å². The molecule has 1 aromatic carbocycles. The first-order valence-corrected chi connectivity index (χ1v) is 7.14. The molecule has 2 atom stereocenters. The number of carbonyl (C=O) groups is 2. The summed E-state index contributed by atoms with van der Waals surface area (Å²) in [6.07, 6.45) is 1.09. The van der Waals surface area contributed by atoms with Crippen molar-refractivity contribution in [3.8, 4) is 0 Å². The van der Waals surface area contributed by atoms with E-state index in [-0.39, 0.29) is 6.04 Å². The number of urea groups is 1. The average Bonchev–Trinajstić information content (AvgIpc) is 2.45. The summed E-state index contributed by atoms with van der Waals surface area (Å²) in [5.41, 5.74) is 6.90. The number of primary amides is 1. The molecule has 0 spiro atoms. The van der Waals surface area contributed by atoms with Crippen LogP contribution in [0, 0.1) is 0 Å². The van der Waals surface area contributed by atoms with Crippen LogP contribution in [-0.4, -0.2) is 24.5 Å². The highest BCUT2D eigenvalue weighted by Crippen LogP contribution is 2.16. The van der Waals surface area contributed by atoms with Crippen LogP contribution in [0.1, 0.15) is 38.8 Å². The first-order chi connectivity index (χ1) is 9.93. The molecule has 0 radical (unpaired) electrons. The predicted octanol–water partition coefficient (Wildman–Crippen LogP) is 1.74. The van der Waals surface area contributed by atoms with Gasteiger partial charge < -0.3 is 21.7 Å². The number of carbonyl (C=O) groups excluding carboxylic acids is 2. The molecule has 1 rings (SSSR count). The monoisotopic (exact) mass is 292 g/mol. The van der Waals surface area contributed by atoms with E-state index in [2.05, 4.69) is 29.8 Å². The van der Waals surface area contributed by atoms with Crippen LogP contribution in [0.3, 0.4) is 0 Å². The van der Waals surface area contributed by atoms with Gasteiger partial charge in [0, 0.05) is 11.7 Å². The predicted molar refractivity (Wildman–Crippen MR) is 84.0 cm³/mol. The summed E-state index contributed by atoms with van der Waals surface area (Å²) in [5.74, 6) is -0.573. The number of benzene rings is 1. The molecule has 2 unspecified atom stereocenters. The van der Waals surface area contributed by atoms with Crippen LogP contribution < -0.4 is 21.7 Å². The Morgan fingerprint density at radius 3 is 2.33 bits per heavy atom. The number of hydrogen-bond acceptors (Lipinski definition) is 3. The maximum atomic E-state index is 11.6. The lowest BCUT2D eigenvalue weighted by Gasteiger charge is -2.15. The SMILES string of the molecule is CCCNC(C)c1ccc(NC(=O)NC(C)C(N)=O)cc1. The molecule has 0 fully saturated rings. The lowest BCUT2D eigenvalue weighted by atomic mass is 10.1. The summed E-state index contributed by atoms with van der Waals surface area (Å²) in [7, 11) is 0. The first kappa shape index (κ1) is 17.0. The van der Waals surface area contributed by atoms with Crippen molar-refractivity contribution in [1.82, 2.24) is 10.6 Å². The fourth-order valence-corrected chi connectivity index (χ4v) is 1.77. The van der Waals surface area contributed by atoms with Crippen molar-refractivity contribution in [2.75, 3.05) is 11.9 Å². The Morgan fingerprint density at radius 1 is 1.19 bits per heavy atom. The number of anilines is 1. The summed E-state index contributed by atoms with van der Waals surface area (Å²) < 4.78 is 0. The highest BCUT2D eigenvalue weighted by molar-refractivity contribution is 5.93. The first-order valence-electron chi connectivity index (χ1n) is 7.14. The zero-order chi connectivity index (χ0) is 15.8. The molecule has 0 saturated heterocycles. The number of nitrogens with one attached hydrogen (secondary N) is 3. The third kappa shape index (κ3) is 5.83. The summed E-state index contributed by atoms with van der Waals surface area (Å²) >= 11 is 0. The van der Waals surface area contributed by atoms with Crippen LogP contribution in [-0.2, 0) is 4.79 Å². The summed E-state index contributed by atoms with van der Waals surface area (Å²) in [6, 6.07) is 6.68. The zero-order valence-corrected chi connectivity index (χ0v) is 12.8. The molecule has 0 aliphatic carbocycles. The van der Waals surface area contributed by atoms with Crippen molar-refractivity contribution in [3.05, 3.63) is 29.8 Å². The van der Waals surface area contributed by atoms with E-state index in [0.29, 0.717) is 5.69 Å². The number of nitrogens with two attached hydrogens (primary N) is 1. The Kier molecular flexibility index (Phi) is 6.68. The van der Waals surface area contributed by atoms with Crippen LogP contribution >= 0.6 is 0 Å². The van der Waals surface area contributed by atoms with Crippen molar-refractivity contribution in [1.29, 1.82) is 0 Å². The molecule has 0 aliphatic heterocycles. The Morgan fingerprint density at radius 2 is 1.81 bits per heavy atom. The molecule has 3 amide bonds. The minimum Gasteiger partial charge on any atom is -0.368 e. The lowest BCUT2D eigenvalue weighted by molar-refractivity contribution is -0.119. The zero-order valence-electron chi connectivity index (χ0n) is 12.8. The van der Waals surface area contributed by atoms with Crippen LogP contribution in [0.2, 0.25) is 0 Å². The highest BCUT2D eigenvalue weighted by Gasteiger charge is 2.12. The molecule has 6 heteroatoms. The topological polar surface area (TPSA) is 96.2 Å². The lowest BCUT2D eigenvalue weighted by Crippen LogP contribution is -2.44. The van der Waals surface area contributed by atoms with Crippen LogP contribution in [0.4, 0.5) is 10.5 Å². The van der Waals surface area contributed by atoms with Gasteiger partial charge in [-0.05, 0) is 44.5 Å². The second kappa shape index (κ2) is 8.26. The molecular weight excluding hydrogens is 268 g/mol. The number of hydrogen-bond donors (Lipinski definition) is 4. The van der Waals surface area contributed by atoms with Crippen molar-refractivity contribution < 1.29 is 9.59 Å². The van der Waals surface area contributed by atoms with Crippen molar-refractivity contribution in [2.45, 2.75) is 39.3 Å². The van der Waals surface area contributed by atoms with E-state index in [1.807, 2.05) is 24.3 Å². The molecule has 0 bridgehead atoms. The van der Waals surface area contributed by atoms with Gasteiger partial charge in [-0.1, -0.05) is 19.1 Å². The molecule has 5 N–H and O–H groups in total. The minimum atomic E-state index is -0.706. The largest absolute Gasteiger partial charge is 0.368 e. The van der Waals surface area contributed by atoms with Gasteiger partial charge in [-0.15, -0.1) is 0 Å². The van der Waals surface area contributed by atoms with Crippen LogP contribution in [0.25, 0.3) is 0 Å². The Labute approximate surface area is 125 Å². The summed E-state index contributed by atoms with van der Waals surface area (Å²) in [6.45, 7) is 6.72. The molecule has 0 aliphatic rings. The smallest absolute Gasteiger partial charge is 0.319 e. The maximum Gasteiger partial charge on any atom is 0.319 e. The Hall–Kier alpha value is -2.08. The van der Waals surface area contributed by atoms with Crippen molar-refractivity contribution in [2.24, 2.45) is 5.73 Å². The van der Waals surface area contributed by atoms with E-state index in [1.165, 1.54) is 6.92 Å². The van der Waals surface area contributed by atoms with Gasteiger partial charge in [0.15, 0.2) is 0 Å². The maximum absolute atomic E-state index is 11.6. The molecule has 0 aromatic heterocycles. The number of rotatable bonds is 7. The molecule has 0 heterocycles. The van der Waals surface area contributed by atoms with Gasteiger partial charge in [0.25, 0.3) is 0 Å². The van der Waals surface area contributed by atoms with Crippen LogP contribution in [0.15, 0.2) is 24.3 Å². The second-order valence-electron chi connectivity index (χ2n) is 5.02. The summed E-state index contributed by atoms with van der Waals surface area (Å²) in [5, 5.41) is 8.51. The minimum absolute atomic E-state index is 0.266. The van der Waals surface area contributed by atoms with Gasteiger partial charge >= 0.3 is 6.03 Å². The second-order valence-corrected chi connectivity index (χ2v) is 5.02. The molecule has 1 aromatic rings. The standard InChI is InChI=1S/C15H24N4O2/c1-4-9-17-10(2)12-5-7-13(8-6-12)19-15(21)18-11(3)14(16)20/h5-8,10-11,17H,4,9H2,1-3H3,(H2,16,20)(H2,18,19,21). The average molecular weight is 292 g/mol. The van der Waals surface area contributed by atoms with Gasteiger partial charge in [-0.3, -0.25) is 4.79 Å². The van der Waals surface area contributed by atoms with Gasteiger partial charge in [-0.2, -0.15) is 0 Å². The van der Waals surface area contributed by atoms with E-state index in [1.54, 1.807) is 0 Å². The third-order valence-electron chi connectivity index (χ3n) is 3.14. The normalized spacial score (nSPS) is 13.3. The third-order valence-corrected chi connectivity index (χ3v) is 3.14. The Balaban J connectivity index is 2.54. The van der Waals surface area contributed by atoms with Crippen molar-refractivity contribution >= 4 is 17.6 Å². The highest BCUT2D eigenvalue weighted by atomic mass is 16.2. The van der Waals surface area contributed by atoms with E-state index >= 15 is 0 Å². The molecule has 21 heavy (non-hydrogen) atoms. The molecule has 0 saturated carbocycles. The van der Waals surface area contributed by atoms with Gasteiger partial charge in [0.1, 0.15) is 6.04 Å². The summed E-state index contributed by atoms with van der Waals surface area (Å²) in [4.78, 5) is 22.5. The van der Waals surface area contributed by atoms with Crippen molar-refractivity contribution in [3.63, 3.8) is 0 Å². The van der Waals surface area contributed by atoms with E-state index in [9.17, 15) is 9.59 Å². The number of amides is 3. The van der Waals surface area contributed by atoms with E-state index in [0.717, 1.165) is 18.5 Å². The van der Waals surface area contributed by atoms with Gasteiger partial charge in [-0.25, -0.2) is 4.79 Å². The molecule has 116 valence electrons. The quantitative estimate of drug-likeness (QED) is 0.616. The van der Waals surface area contributed by atoms with Gasteiger partial charge in [0.2, 0.25) is 5.91 Å².